The minimum atomic E-state index is -3.89. The van der Waals surface area contributed by atoms with Gasteiger partial charge in [0.15, 0.2) is 0 Å². The average molecular weight is 297 g/mol. The van der Waals surface area contributed by atoms with Gasteiger partial charge in [-0.15, -0.1) is 0 Å². The van der Waals surface area contributed by atoms with Gasteiger partial charge in [0.1, 0.15) is 6.04 Å². The SMILES string of the molecule is CC(NS(=O)(=O)c1ccc(-c2ncon2)cc1)C(=O)O. The molecular weight excluding hydrogens is 286 g/mol. The van der Waals surface area contributed by atoms with Crippen molar-refractivity contribution in [3.8, 4) is 11.4 Å². The van der Waals surface area contributed by atoms with E-state index >= 15 is 0 Å². The highest BCUT2D eigenvalue weighted by atomic mass is 32.2. The molecule has 1 aromatic carbocycles. The van der Waals surface area contributed by atoms with Crippen LogP contribution in [0, 0.1) is 0 Å². The molecule has 0 aliphatic heterocycles. The molecule has 0 spiro atoms. The number of carbonyl (C=O) groups is 1. The molecule has 20 heavy (non-hydrogen) atoms. The molecule has 1 heterocycles. The maximum atomic E-state index is 11.9. The summed E-state index contributed by atoms with van der Waals surface area (Å²) in [4.78, 5) is 14.4. The number of carboxylic acid groups (broad SMARTS) is 1. The molecule has 0 fully saturated rings. The molecule has 1 aromatic heterocycles. The first-order chi connectivity index (χ1) is 9.40. The van der Waals surface area contributed by atoms with Gasteiger partial charge >= 0.3 is 5.97 Å². The van der Waals surface area contributed by atoms with Gasteiger partial charge in [-0.1, -0.05) is 5.16 Å². The number of hydrogen-bond donors (Lipinski definition) is 2. The summed E-state index contributed by atoms with van der Waals surface area (Å²) in [5.74, 6) is -0.919. The number of nitrogens with zero attached hydrogens (tertiary/aromatic N) is 2. The second-order valence-corrected chi connectivity index (χ2v) is 5.67. The van der Waals surface area contributed by atoms with Gasteiger partial charge in [-0.2, -0.15) is 9.71 Å². The Bertz CT molecular complexity index is 694. The van der Waals surface area contributed by atoms with Gasteiger partial charge in [-0.25, -0.2) is 8.42 Å². The van der Waals surface area contributed by atoms with Crippen molar-refractivity contribution < 1.29 is 22.8 Å². The number of benzene rings is 1. The van der Waals surface area contributed by atoms with Gasteiger partial charge in [-0.05, 0) is 31.2 Å². The summed E-state index contributed by atoms with van der Waals surface area (Å²) in [7, 11) is -3.89. The lowest BCUT2D eigenvalue weighted by Gasteiger charge is -2.10. The Morgan fingerprint density at radius 2 is 2.00 bits per heavy atom. The van der Waals surface area contributed by atoms with Crippen LogP contribution in [-0.4, -0.2) is 35.7 Å². The predicted molar refractivity (Wildman–Crippen MR) is 67.2 cm³/mol. The molecule has 0 aliphatic carbocycles. The Kier molecular flexibility index (Phi) is 3.81. The third-order valence-corrected chi connectivity index (χ3v) is 4.04. The van der Waals surface area contributed by atoms with Crippen LogP contribution in [0.25, 0.3) is 11.4 Å². The van der Waals surface area contributed by atoms with E-state index in [4.69, 9.17) is 5.11 Å². The summed E-state index contributed by atoms with van der Waals surface area (Å²) in [6, 6.07) is 4.47. The summed E-state index contributed by atoms with van der Waals surface area (Å²) in [5, 5.41) is 12.3. The lowest BCUT2D eigenvalue weighted by atomic mass is 10.2. The Hall–Kier alpha value is -2.26. The van der Waals surface area contributed by atoms with E-state index < -0.39 is 22.0 Å². The lowest BCUT2D eigenvalue weighted by Crippen LogP contribution is -2.38. The van der Waals surface area contributed by atoms with E-state index in [-0.39, 0.29) is 4.90 Å². The first-order valence-corrected chi connectivity index (χ1v) is 7.00. The smallest absolute Gasteiger partial charge is 0.321 e. The number of aromatic nitrogens is 2. The standard InChI is InChI=1S/C11H11N3O5S/c1-7(11(15)16)14-20(17,18)9-4-2-8(3-5-9)10-12-6-19-13-10/h2-7,14H,1H3,(H,15,16). The largest absolute Gasteiger partial charge is 0.480 e. The summed E-state index contributed by atoms with van der Waals surface area (Å²) in [5.41, 5.74) is 0.587. The average Bonchev–Trinajstić information content (AvgIpc) is 2.92. The van der Waals surface area contributed by atoms with Crippen molar-refractivity contribution in [2.45, 2.75) is 17.9 Å². The van der Waals surface area contributed by atoms with Gasteiger partial charge in [0, 0.05) is 5.56 Å². The molecule has 1 unspecified atom stereocenters. The van der Waals surface area contributed by atoms with Crippen molar-refractivity contribution in [3.63, 3.8) is 0 Å². The summed E-state index contributed by atoms with van der Waals surface area (Å²) in [6.45, 7) is 1.24. The van der Waals surface area contributed by atoms with Crippen LogP contribution >= 0.6 is 0 Å². The van der Waals surface area contributed by atoms with Crippen molar-refractivity contribution in [3.05, 3.63) is 30.7 Å². The normalized spacial score (nSPS) is 13.1. The highest BCUT2D eigenvalue weighted by Gasteiger charge is 2.21. The third-order valence-electron chi connectivity index (χ3n) is 2.49. The van der Waals surface area contributed by atoms with E-state index in [1.807, 2.05) is 4.72 Å². The number of rotatable bonds is 5. The van der Waals surface area contributed by atoms with Gasteiger partial charge in [0.25, 0.3) is 0 Å². The summed E-state index contributed by atoms with van der Waals surface area (Å²) in [6.07, 6.45) is 1.16. The number of hydrogen-bond acceptors (Lipinski definition) is 6. The van der Waals surface area contributed by atoms with E-state index in [0.717, 1.165) is 6.39 Å². The van der Waals surface area contributed by atoms with Crippen LogP contribution in [-0.2, 0) is 14.8 Å². The molecule has 0 aliphatic rings. The van der Waals surface area contributed by atoms with Gasteiger partial charge in [0.05, 0.1) is 4.90 Å². The molecule has 0 bridgehead atoms. The molecule has 2 rings (SSSR count). The summed E-state index contributed by atoms with van der Waals surface area (Å²) >= 11 is 0. The second kappa shape index (κ2) is 5.39. The molecule has 106 valence electrons. The fourth-order valence-corrected chi connectivity index (χ4v) is 2.63. The minimum absolute atomic E-state index is 0.0437. The number of carboxylic acids is 1. The highest BCUT2D eigenvalue weighted by molar-refractivity contribution is 7.89. The maximum Gasteiger partial charge on any atom is 0.321 e. The molecular formula is C11H11N3O5S. The number of nitrogens with one attached hydrogen (secondary N) is 1. The van der Waals surface area contributed by atoms with Crippen molar-refractivity contribution in [1.82, 2.24) is 14.9 Å². The van der Waals surface area contributed by atoms with Crippen molar-refractivity contribution >= 4 is 16.0 Å². The molecule has 2 N–H and O–H groups in total. The Labute approximate surface area is 114 Å². The zero-order chi connectivity index (χ0) is 14.8. The van der Waals surface area contributed by atoms with E-state index in [9.17, 15) is 13.2 Å². The van der Waals surface area contributed by atoms with Crippen LogP contribution in [0.2, 0.25) is 0 Å². The zero-order valence-electron chi connectivity index (χ0n) is 10.3. The number of aliphatic carboxylic acids is 1. The lowest BCUT2D eigenvalue weighted by molar-refractivity contribution is -0.138. The molecule has 0 radical (unpaired) electrons. The Morgan fingerprint density at radius 3 is 2.50 bits per heavy atom. The molecule has 0 saturated carbocycles. The molecule has 1 atom stereocenters. The first kappa shape index (κ1) is 14.2. The third kappa shape index (κ3) is 3.00. The Morgan fingerprint density at radius 1 is 1.35 bits per heavy atom. The van der Waals surface area contributed by atoms with Crippen LogP contribution in [0.1, 0.15) is 6.92 Å². The van der Waals surface area contributed by atoms with Crippen LogP contribution in [0.5, 0.6) is 0 Å². The van der Waals surface area contributed by atoms with Crippen LogP contribution in [0.15, 0.2) is 40.1 Å². The Balaban J connectivity index is 2.23. The van der Waals surface area contributed by atoms with Crippen molar-refractivity contribution in [2.24, 2.45) is 0 Å². The molecule has 0 saturated heterocycles. The molecule has 8 nitrogen and oxygen atoms in total. The monoisotopic (exact) mass is 297 g/mol. The first-order valence-electron chi connectivity index (χ1n) is 5.52. The molecule has 2 aromatic rings. The van der Waals surface area contributed by atoms with E-state index in [2.05, 4.69) is 14.7 Å². The van der Waals surface area contributed by atoms with Gasteiger partial charge in [0.2, 0.25) is 22.2 Å². The van der Waals surface area contributed by atoms with Crippen molar-refractivity contribution in [1.29, 1.82) is 0 Å². The number of sulfonamides is 1. The molecule has 9 heteroatoms. The van der Waals surface area contributed by atoms with Crippen molar-refractivity contribution in [2.75, 3.05) is 0 Å². The van der Waals surface area contributed by atoms with Crippen LogP contribution < -0.4 is 4.72 Å². The van der Waals surface area contributed by atoms with Gasteiger partial charge < -0.3 is 9.63 Å². The maximum absolute atomic E-state index is 11.9. The van der Waals surface area contributed by atoms with Crippen LogP contribution in [0.4, 0.5) is 0 Å². The van der Waals surface area contributed by atoms with E-state index in [1.165, 1.54) is 31.2 Å². The minimum Gasteiger partial charge on any atom is -0.480 e. The predicted octanol–water partition coefficient (Wildman–Crippen LogP) is 0.488. The molecule has 0 amide bonds. The summed E-state index contributed by atoms with van der Waals surface area (Å²) < 4.78 is 30.5. The fraction of sp³-hybridized carbons (Fsp3) is 0.182. The topological polar surface area (TPSA) is 122 Å². The fourth-order valence-electron chi connectivity index (χ4n) is 1.43. The quantitative estimate of drug-likeness (QED) is 0.823. The van der Waals surface area contributed by atoms with E-state index in [1.54, 1.807) is 0 Å². The van der Waals surface area contributed by atoms with Gasteiger partial charge in [-0.3, -0.25) is 4.79 Å². The van der Waals surface area contributed by atoms with Crippen LogP contribution in [0.3, 0.4) is 0 Å². The second-order valence-electron chi connectivity index (χ2n) is 3.96. The van der Waals surface area contributed by atoms with E-state index in [0.29, 0.717) is 11.4 Å². The highest BCUT2D eigenvalue weighted by Crippen LogP contribution is 2.17. The zero-order valence-corrected chi connectivity index (χ0v) is 11.2.